The molecule has 0 unspecified atom stereocenters. The van der Waals surface area contributed by atoms with Crippen LogP contribution < -0.4 is 0 Å². The molecule has 4 heteroatoms. The summed E-state index contributed by atoms with van der Waals surface area (Å²) in [6, 6.07) is 0. The van der Waals surface area contributed by atoms with Gasteiger partial charge in [0.15, 0.2) is 0 Å². The molecule has 0 aliphatic heterocycles. The van der Waals surface area contributed by atoms with Crippen LogP contribution in [-0.4, -0.2) is 77.0 Å². The minimum atomic E-state index is 0.831. The van der Waals surface area contributed by atoms with Crippen molar-refractivity contribution < 1.29 is 9.47 Å². The van der Waals surface area contributed by atoms with Crippen LogP contribution in [0.15, 0.2) is 0 Å². The summed E-state index contributed by atoms with van der Waals surface area (Å²) in [6.45, 7) is 9.58. The van der Waals surface area contributed by atoms with Gasteiger partial charge in [-0.05, 0) is 39.4 Å². The first-order valence-corrected chi connectivity index (χ1v) is 7.13. The average molecular weight is 260 g/mol. The molecule has 0 heterocycles. The number of hydrogen-bond acceptors (Lipinski definition) is 4. The lowest BCUT2D eigenvalue weighted by Crippen LogP contribution is -2.36. The molecule has 4 nitrogen and oxygen atoms in total. The van der Waals surface area contributed by atoms with Crippen molar-refractivity contribution in [3.63, 3.8) is 0 Å². The second-order valence-corrected chi connectivity index (χ2v) is 4.84. The van der Waals surface area contributed by atoms with E-state index in [4.69, 9.17) is 9.47 Å². The van der Waals surface area contributed by atoms with Crippen molar-refractivity contribution in [3.05, 3.63) is 0 Å². The van der Waals surface area contributed by atoms with Crippen molar-refractivity contribution in [2.45, 2.75) is 26.2 Å². The Morgan fingerprint density at radius 2 is 1.50 bits per heavy atom. The zero-order valence-corrected chi connectivity index (χ0v) is 12.8. The maximum Gasteiger partial charge on any atom is 0.0589 e. The van der Waals surface area contributed by atoms with Crippen molar-refractivity contribution in [2.24, 2.45) is 0 Å². The average Bonchev–Trinajstić information content (AvgIpc) is 2.38. The van der Waals surface area contributed by atoms with Crippen LogP contribution in [0.5, 0.6) is 0 Å². The predicted molar refractivity (Wildman–Crippen MR) is 77.2 cm³/mol. The van der Waals surface area contributed by atoms with E-state index in [2.05, 4.69) is 23.8 Å². The molecule has 0 rings (SSSR count). The highest BCUT2D eigenvalue weighted by Gasteiger charge is 2.05. The highest BCUT2D eigenvalue weighted by molar-refractivity contribution is 4.60. The van der Waals surface area contributed by atoms with Crippen molar-refractivity contribution in [3.8, 4) is 0 Å². The third-order valence-electron chi connectivity index (χ3n) is 3.09. The van der Waals surface area contributed by atoms with Crippen LogP contribution in [0.3, 0.4) is 0 Å². The number of likely N-dealkylation sites (N-methyl/N-ethyl adjacent to an activating group) is 1. The van der Waals surface area contributed by atoms with Crippen LogP contribution in [-0.2, 0) is 9.47 Å². The standard InChI is InChI=1S/C14H32N2O2/c1-5-8-16(12-14-18-4)11-10-15(2)9-6-7-13-17-3/h5-14H2,1-4H3. The second-order valence-electron chi connectivity index (χ2n) is 4.84. The largest absolute Gasteiger partial charge is 0.385 e. The van der Waals surface area contributed by atoms with Gasteiger partial charge in [-0.3, -0.25) is 4.90 Å². The molecule has 0 aromatic heterocycles. The number of nitrogens with zero attached hydrogens (tertiary/aromatic N) is 2. The fraction of sp³-hybridized carbons (Fsp3) is 1.00. The molecule has 0 aliphatic rings. The van der Waals surface area contributed by atoms with Gasteiger partial charge >= 0.3 is 0 Å². The first-order chi connectivity index (χ1) is 8.74. The molecule has 0 bridgehead atoms. The van der Waals surface area contributed by atoms with Gasteiger partial charge in [-0.2, -0.15) is 0 Å². The molecule has 0 atom stereocenters. The number of methoxy groups -OCH3 is 2. The molecular formula is C14H32N2O2. The number of ether oxygens (including phenoxy) is 2. The van der Waals surface area contributed by atoms with Gasteiger partial charge in [-0.25, -0.2) is 0 Å². The maximum atomic E-state index is 5.15. The van der Waals surface area contributed by atoms with Crippen molar-refractivity contribution >= 4 is 0 Å². The van der Waals surface area contributed by atoms with Crippen LogP contribution in [0.25, 0.3) is 0 Å². The molecule has 0 aliphatic carbocycles. The van der Waals surface area contributed by atoms with Gasteiger partial charge in [-0.15, -0.1) is 0 Å². The molecule has 110 valence electrons. The van der Waals surface area contributed by atoms with Crippen LogP contribution in [0.2, 0.25) is 0 Å². The number of hydrogen-bond donors (Lipinski definition) is 0. The Morgan fingerprint density at radius 1 is 0.778 bits per heavy atom. The smallest absolute Gasteiger partial charge is 0.0589 e. The van der Waals surface area contributed by atoms with Crippen molar-refractivity contribution in [1.82, 2.24) is 9.80 Å². The normalized spacial score (nSPS) is 11.7. The minimum Gasteiger partial charge on any atom is -0.385 e. The summed E-state index contributed by atoms with van der Waals surface area (Å²) >= 11 is 0. The first kappa shape index (κ1) is 17.8. The lowest BCUT2D eigenvalue weighted by molar-refractivity contribution is 0.138. The van der Waals surface area contributed by atoms with E-state index in [-0.39, 0.29) is 0 Å². The highest BCUT2D eigenvalue weighted by Crippen LogP contribution is 1.96. The lowest BCUT2D eigenvalue weighted by Gasteiger charge is -2.24. The van der Waals surface area contributed by atoms with Crippen LogP contribution in [0, 0.1) is 0 Å². The molecule has 0 radical (unpaired) electrons. The Kier molecular flexibility index (Phi) is 13.2. The van der Waals surface area contributed by atoms with E-state index in [0.29, 0.717) is 0 Å². The summed E-state index contributed by atoms with van der Waals surface area (Å²) < 4.78 is 10.2. The topological polar surface area (TPSA) is 24.9 Å². The Labute approximate surface area is 113 Å². The fourth-order valence-electron chi connectivity index (χ4n) is 1.92. The van der Waals surface area contributed by atoms with Crippen molar-refractivity contribution in [1.29, 1.82) is 0 Å². The van der Waals surface area contributed by atoms with E-state index in [0.717, 1.165) is 45.8 Å². The quantitative estimate of drug-likeness (QED) is 0.471. The molecule has 0 aromatic carbocycles. The summed E-state index contributed by atoms with van der Waals surface area (Å²) in [5.41, 5.74) is 0. The third kappa shape index (κ3) is 11.0. The molecule has 0 spiro atoms. The van der Waals surface area contributed by atoms with E-state index in [1.165, 1.54) is 19.4 Å². The van der Waals surface area contributed by atoms with Crippen LogP contribution in [0.1, 0.15) is 26.2 Å². The number of rotatable bonds is 13. The summed E-state index contributed by atoms with van der Waals surface area (Å²) in [7, 11) is 5.74. The maximum absolute atomic E-state index is 5.15. The van der Waals surface area contributed by atoms with E-state index in [1.54, 1.807) is 14.2 Å². The summed E-state index contributed by atoms with van der Waals surface area (Å²) in [5.74, 6) is 0. The van der Waals surface area contributed by atoms with E-state index in [9.17, 15) is 0 Å². The molecular weight excluding hydrogens is 228 g/mol. The van der Waals surface area contributed by atoms with E-state index < -0.39 is 0 Å². The summed E-state index contributed by atoms with van der Waals surface area (Å²) in [4.78, 5) is 4.89. The Bertz CT molecular complexity index is 168. The monoisotopic (exact) mass is 260 g/mol. The van der Waals surface area contributed by atoms with Gasteiger partial charge in [0.25, 0.3) is 0 Å². The van der Waals surface area contributed by atoms with Gasteiger partial charge in [0.05, 0.1) is 6.61 Å². The molecule has 18 heavy (non-hydrogen) atoms. The molecule has 0 fully saturated rings. The van der Waals surface area contributed by atoms with E-state index >= 15 is 0 Å². The minimum absolute atomic E-state index is 0.831. The molecule has 0 aromatic rings. The van der Waals surface area contributed by atoms with Crippen molar-refractivity contribution in [2.75, 3.05) is 67.2 Å². The molecule has 0 saturated heterocycles. The Balaban J connectivity index is 3.60. The molecule has 0 N–H and O–H groups in total. The summed E-state index contributed by atoms with van der Waals surface area (Å²) in [5, 5.41) is 0. The zero-order valence-electron chi connectivity index (χ0n) is 12.8. The van der Waals surface area contributed by atoms with Crippen LogP contribution in [0.4, 0.5) is 0 Å². The van der Waals surface area contributed by atoms with Gasteiger partial charge in [-0.1, -0.05) is 6.92 Å². The first-order valence-electron chi connectivity index (χ1n) is 7.13. The highest BCUT2D eigenvalue weighted by atomic mass is 16.5. The van der Waals surface area contributed by atoms with E-state index in [1.807, 2.05) is 0 Å². The SMILES string of the molecule is CCCN(CCOC)CCN(C)CCCCOC. The van der Waals surface area contributed by atoms with Gasteiger partial charge in [0, 0.05) is 40.5 Å². The molecule has 0 amide bonds. The Hall–Kier alpha value is -0.160. The van der Waals surface area contributed by atoms with Crippen LogP contribution >= 0.6 is 0 Å². The van der Waals surface area contributed by atoms with Gasteiger partial charge < -0.3 is 14.4 Å². The fourth-order valence-corrected chi connectivity index (χ4v) is 1.92. The second kappa shape index (κ2) is 13.3. The van der Waals surface area contributed by atoms with Gasteiger partial charge in [0.2, 0.25) is 0 Å². The molecule has 0 saturated carbocycles. The zero-order chi connectivity index (χ0) is 13.6. The Morgan fingerprint density at radius 3 is 2.11 bits per heavy atom. The third-order valence-corrected chi connectivity index (χ3v) is 3.09. The summed E-state index contributed by atoms with van der Waals surface area (Å²) in [6.07, 6.45) is 3.58. The predicted octanol–water partition coefficient (Wildman–Crippen LogP) is 1.70. The lowest BCUT2D eigenvalue weighted by atomic mass is 10.3. The van der Waals surface area contributed by atoms with Gasteiger partial charge in [0.1, 0.15) is 0 Å². The number of unbranched alkanes of at least 4 members (excludes halogenated alkanes) is 1.